The molecule has 1 aromatic carbocycles. The van der Waals surface area contributed by atoms with E-state index in [-0.39, 0.29) is 5.91 Å². The Morgan fingerprint density at radius 1 is 1.39 bits per heavy atom. The van der Waals surface area contributed by atoms with E-state index in [0.717, 1.165) is 22.4 Å². The van der Waals surface area contributed by atoms with Crippen LogP contribution in [0.2, 0.25) is 0 Å². The summed E-state index contributed by atoms with van der Waals surface area (Å²) >= 11 is 0. The zero-order chi connectivity index (χ0) is 13.3. The molecule has 1 aromatic rings. The van der Waals surface area contributed by atoms with Crippen molar-refractivity contribution in [2.75, 3.05) is 24.7 Å². The van der Waals surface area contributed by atoms with Gasteiger partial charge in [0.25, 0.3) is 0 Å². The predicted molar refractivity (Wildman–Crippen MR) is 71.7 cm³/mol. The maximum Gasteiger partial charge on any atom is 0.248 e. The van der Waals surface area contributed by atoms with E-state index in [1.54, 1.807) is 4.90 Å². The van der Waals surface area contributed by atoms with Gasteiger partial charge in [-0.05, 0) is 38.0 Å². The molecule has 2 N–H and O–H groups in total. The van der Waals surface area contributed by atoms with Crippen molar-refractivity contribution < 1.29 is 9.53 Å². The monoisotopic (exact) mass is 248 g/mol. The van der Waals surface area contributed by atoms with Crippen LogP contribution in [-0.2, 0) is 9.53 Å². The Balaban J connectivity index is 2.32. The number of carbonyl (C=O) groups is 1. The third kappa shape index (κ3) is 2.13. The minimum atomic E-state index is -0.526. The summed E-state index contributed by atoms with van der Waals surface area (Å²) in [6.45, 7) is 7.75. The third-order valence-corrected chi connectivity index (χ3v) is 3.31. The molecule has 0 aromatic heterocycles. The van der Waals surface area contributed by atoms with Crippen molar-refractivity contribution in [3.8, 4) is 0 Å². The van der Waals surface area contributed by atoms with Crippen LogP contribution in [-0.4, -0.2) is 25.7 Å². The zero-order valence-corrected chi connectivity index (χ0v) is 11.2. The molecule has 1 amide bonds. The second-order valence-corrected chi connectivity index (χ2v) is 4.68. The summed E-state index contributed by atoms with van der Waals surface area (Å²) in [7, 11) is 0. The molecule has 18 heavy (non-hydrogen) atoms. The van der Waals surface area contributed by atoms with Crippen molar-refractivity contribution in [3.63, 3.8) is 0 Å². The van der Waals surface area contributed by atoms with Gasteiger partial charge in [0.2, 0.25) is 5.91 Å². The quantitative estimate of drug-likeness (QED) is 0.825. The Morgan fingerprint density at radius 2 is 2.11 bits per heavy atom. The largest absolute Gasteiger partial charge is 0.380 e. The van der Waals surface area contributed by atoms with Gasteiger partial charge in [-0.25, -0.2) is 0 Å². The number of benzene rings is 1. The highest BCUT2D eigenvalue weighted by molar-refractivity contribution is 6.05. The van der Waals surface area contributed by atoms with Crippen molar-refractivity contribution >= 4 is 11.6 Å². The number of aryl methyl sites for hydroxylation is 2. The fourth-order valence-electron chi connectivity index (χ4n) is 2.53. The molecule has 0 spiro atoms. The molecule has 1 aliphatic rings. The molecular weight excluding hydrogens is 228 g/mol. The molecule has 0 fully saturated rings. The van der Waals surface area contributed by atoms with Crippen molar-refractivity contribution in [2.45, 2.75) is 26.8 Å². The molecule has 4 nitrogen and oxygen atoms in total. The lowest BCUT2D eigenvalue weighted by Crippen LogP contribution is -2.34. The first kappa shape index (κ1) is 13.1. The van der Waals surface area contributed by atoms with Gasteiger partial charge in [-0.2, -0.15) is 0 Å². The van der Waals surface area contributed by atoms with Crippen LogP contribution in [0.25, 0.3) is 0 Å². The van der Waals surface area contributed by atoms with Crippen LogP contribution in [0, 0.1) is 13.8 Å². The number of carbonyl (C=O) groups excluding carboxylic acids is 1. The fourth-order valence-corrected chi connectivity index (χ4v) is 2.53. The van der Waals surface area contributed by atoms with Crippen molar-refractivity contribution in [3.05, 3.63) is 28.8 Å². The molecule has 0 bridgehead atoms. The van der Waals surface area contributed by atoms with Crippen molar-refractivity contribution in [2.24, 2.45) is 5.73 Å². The zero-order valence-electron chi connectivity index (χ0n) is 11.2. The number of amides is 1. The van der Waals surface area contributed by atoms with Gasteiger partial charge in [0.1, 0.15) is 6.04 Å². The Labute approximate surface area is 108 Å². The highest BCUT2D eigenvalue weighted by Gasteiger charge is 2.35. The van der Waals surface area contributed by atoms with Crippen molar-refractivity contribution in [1.29, 1.82) is 0 Å². The lowest BCUT2D eigenvalue weighted by atomic mass is 10.0. The van der Waals surface area contributed by atoms with Gasteiger partial charge in [-0.15, -0.1) is 0 Å². The Kier molecular flexibility index (Phi) is 3.68. The van der Waals surface area contributed by atoms with E-state index in [1.807, 2.05) is 26.8 Å². The number of ether oxygens (including phenoxy) is 1. The molecule has 1 unspecified atom stereocenters. The van der Waals surface area contributed by atoms with Crippen LogP contribution >= 0.6 is 0 Å². The number of anilines is 1. The van der Waals surface area contributed by atoms with Crippen LogP contribution in [0.4, 0.5) is 5.69 Å². The van der Waals surface area contributed by atoms with Crippen LogP contribution in [0.3, 0.4) is 0 Å². The number of hydrogen-bond donors (Lipinski definition) is 1. The lowest BCUT2D eigenvalue weighted by Gasteiger charge is -2.18. The normalized spacial score (nSPS) is 18.3. The number of rotatable bonds is 4. The van der Waals surface area contributed by atoms with Gasteiger partial charge >= 0.3 is 0 Å². The number of fused-ring (bicyclic) bond motifs is 1. The summed E-state index contributed by atoms with van der Waals surface area (Å²) in [5.41, 5.74) is 10.1. The lowest BCUT2D eigenvalue weighted by molar-refractivity contribution is -0.119. The molecular formula is C14H20N2O2. The second-order valence-electron chi connectivity index (χ2n) is 4.68. The molecule has 1 heterocycles. The van der Waals surface area contributed by atoms with E-state index in [2.05, 4.69) is 6.07 Å². The molecule has 0 saturated carbocycles. The standard InChI is InChI=1S/C14H20N2O2/c1-4-18-6-5-16-11-8-9(2)7-10(3)12(11)13(15)14(16)17/h7-8,13H,4-6,15H2,1-3H3. The summed E-state index contributed by atoms with van der Waals surface area (Å²) in [6, 6.07) is 3.57. The Bertz CT molecular complexity index is 471. The van der Waals surface area contributed by atoms with Gasteiger partial charge in [0.15, 0.2) is 0 Å². The molecule has 4 heteroatoms. The first-order valence-corrected chi connectivity index (χ1v) is 6.32. The van der Waals surface area contributed by atoms with E-state index >= 15 is 0 Å². The molecule has 0 saturated heterocycles. The minimum Gasteiger partial charge on any atom is -0.380 e. The van der Waals surface area contributed by atoms with Gasteiger partial charge in [0, 0.05) is 24.4 Å². The number of hydrogen-bond acceptors (Lipinski definition) is 3. The second kappa shape index (κ2) is 5.08. The summed E-state index contributed by atoms with van der Waals surface area (Å²) < 4.78 is 5.32. The highest BCUT2D eigenvalue weighted by Crippen LogP contribution is 2.37. The smallest absolute Gasteiger partial charge is 0.248 e. The van der Waals surface area contributed by atoms with Gasteiger partial charge < -0.3 is 15.4 Å². The topological polar surface area (TPSA) is 55.6 Å². The van der Waals surface area contributed by atoms with E-state index in [1.165, 1.54) is 0 Å². The predicted octanol–water partition coefficient (Wildman–Crippen LogP) is 1.69. The highest BCUT2D eigenvalue weighted by atomic mass is 16.5. The Hall–Kier alpha value is -1.39. The molecule has 0 aliphatic carbocycles. The van der Waals surface area contributed by atoms with Crippen LogP contribution in [0.1, 0.15) is 29.7 Å². The van der Waals surface area contributed by atoms with Crippen LogP contribution < -0.4 is 10.6 Å². The molecule has 2 rings (SSSR count). The average molecular weight is 248 g/mol. The van der Waals surface area contributed by atoms with Crippen molar-refractivity contribution in [1.82, 2.24) is 0 Å². The molecule has 1 aliphatic heterocycles. The van der Waals surface area contributed by atoms with E-state index in [4.69, 9.17) is 10.5 Å². The van der Waals surface area contributed by atoms with E-state index < -0.39 is 6.04 Å². The average Bonchev–Trinajstić information content (AvgIpc) is 2.54. The minimum absolute atomic E-state index is 0.0293. The van der Waals surface area contributed by atoms with Gasteiger partial charge in [-0.1, -0.05) is 6.07 Å². The SMILES string of the molecule is CCOCCN1C(=O)C(N)c2c(C)cc(C)cc21. The van der Waals surface area contributed by atoms with Gasteiger partial charge in [-0.3, -0.25) is 4.79 Å². The molecule has 98 valence electrons. The summed E-state index contributed by atoms with van der Waals surface area (Å²) in [5.74, 6) is -0.0293. The van der Waals surface area contributed by atoms with Crippen LogP contribution in [0.15, 0.2) is 12.1 Å². The van der Waals surface area contributed by atoms with E-state index in [0.29, 0.717) is 19.8 Å². The maximum atomic E-state index is 12.2. The third-order valence-electron chi connectivity index (χ3n) is 3.31. The molecule has 0 radical (unpaired) electrons. The first-order chi connectivity index (χ1) is 8.56. The summed E-state index contributed by atoms with van der Waals surface area (Å²) in [5, 5.41) is 0. The fraction of sp³-hybridized carbons (Fsp3) is 0.500. The first-order valence-electron chi connectivity index (χ1n) is 6.32. The van der Waals surface area contributed by atoms with Crippen LogP contribution in [0.5, 0.6) is 0 Å². The summed E-state index contributed by atoms with van der Waals surface area (Å²) in [6.07, 6.45) is 0. The number of nitrogens with two attached hydrogens (primary N) is 1. The van der Waals surface area contributed by atoms with Gasteiger partial charge in [0.05, 0.1) is 6.61 Å². The summed E-state index contributed by atoms with van der Waals surface area (Å²) in [4.78, 5) is 13.9. The Morgan fingerprint density at radius 3 is 2.78 bits per heavy atom. The number of nitrogens with zero attached hydrogens (tertiary/aromatic N) is 1. The maximum absolute atomic E-state index is 12.2. The van der Waals surface area contributed by atoms with E-state index in [9.17, 15) is 4.79 Å². The molecule has 1 atom stereocenters.